The molecule has 24 heavy (non-hydrogen) atoms. The Morgan fingerprint density at radius 3 is 2.58 bits per heavy atom. The summed E-state index contributed by atoms with van der Waals surface area (Å²) in [5, 5.41) is 0. The lowest BCUT2D eigenvalue weighted by atomic mass is 9.84. The summed E-state index contributed by atoms with van der Waals surface area (Å²) < 4.78 is 0. The molecule has 2 aliphatic rings. The summed E-state index contributed by atoms with van der Waals surface area (Å²) in [5.74, 6) is 0.497. The Morgan fingerprint density at radius 2 is 1.96 bits per heavy atom. The van der Waals surface area contributed by atoms with Gasteiger partial charge in [-0.2, -0.15) is 0 Å². The van der Waals surface area contributed by atoms with Crippen molar-refractivity contribution in [1.29, 1.82) is 0 Å². The summed E-state index contributed by atoms with van der Waals surface area (Å²) in [6, 6.07) is 13.9. The molecule has 0 radical (unpaired) electrons. The highest BCUT2D eigenvalue weighted by Gasteiger charge is 2.57. The molecule has 1 fully saturated rings. The zero-order valence-corrected chi connectivity index (χ0v) is 13.9. The van der Waals surface area contributed by atoms with Crippen LogP contribution in [-0.2, 0) is 10.3 Å². The molecule has 2 N–H and O–H groups in total. The average molecular weight is 320 g/mol. The Bertz CT molecular complexity index is 856. The molecule has 1 aromatic carbocycles. The Kier molecular flexibility index (Phi) is 3.20. The number of aliphatic imine (C=N–C) groups is 1. The highest BCUT2D eigenvalue weighted by molar-refractivity contribution is 6.07. The van der Waals surface area contributed by atoms with Crippen LogP contribution in [0.1, 0.15) is 24.1 Å². The van der Waals surface area contributed by atoms with E-state index in [-0.39, 0.29) is 11.8 Å². The molecular weight excluding hydrogens is 300 g/mol. The van der Waals surface area contributed by atoms with Gasteiger partial charge in [-0.1, -0.05) is 24.3 Å². The molecule has 2 heterocycles. The number of amides is 1. The molecule has 1 aliphatic heterocycles. The summed E-state index contributed by atoms with van der Waals surface area (Å²) in [4.78, 5) is 23.6. The third kappa shape index (κ3) is 2.12. The van der Waals surface area contributed by atoms with E-state index < -0.39 is 5.54 Å². The van der Waals surface area contributed by atoms with Crippen molar-refractivity contribution in [3.8, 4) is 11.3 Å². The van der Waals surface area contributed by atoms with Crippen LogP contribution >= 0.6 is 0 Å². The van der Waals surface area contributed by atoms with E-state index >= 15 is 0 Å². The van der Waals surface area contributed by atoms with Crippen LogP contribution in [0.4, 0.5) is 0 Å². The van der Waals surface area contributed by atoms with Gasteiger partial charge in [0.25, 0.3) is 5.91 Å². The van der Waals surface area contributed by atoms with E-state index in [1.807, 2.05) is 49.4 Å². The van der Waals surface area contributed by atoms with Crippen LogP contribution in [-0.4, -0.2) is 28.8 Å². The first-order chi connectivity index (χ1) is 11.5. The zero-order chi connectivity index (χ0) is 16.9. The number of aryl methyl sites for hydroxylation is 1. The molecule has 0 bridgehead atoms. The minimum absolute atomic E-state index is 0.0307. The summed E-state index contributed by atoms with van der Waals surface area (Å²) in [7, 11) is 1.69. The van der Waals surface area contributed by atoms with Gasteiger partial charge in [0, 0.05) is 18.3 Å². The minimum Gasteiger partial charge on any atom is -0.369 e. The van der Waals surface area contributed by atoms with Gasteiger partial charge in [0.05, 0.1) is 5.69 Å². The number of likely N-dealkylation sites (N-methyl/N-ethyl adjacent to an activating group) is 1. The van der Waals surface area contributed by atoms with Crippen LogP contribution in [0, 0.1) is 12.8 Å². The monoisotopic (exact) mass is 320 g/mol. The van der Waals surface area contributed by atoms with E-state index in [9.17, 15) is 4.79 Å². The van der Waals surface area contributed by atoms with Gasteiger partial charge in [0.15, 0.2) is 11.5 Å². The SMILES string of the molecule is Cc1cccc(-c2cccc(C3(C4CC4)N=C(N)N(C)C3=O)c2)n1. The van der Waals surface area contributed by atoms with Crippen molar-refractivity contribution in [2.45, 2.75) is 25.3 Å². The summed E-state index contributed by atoms with van der Waals surface area (Å²) >= 11 is 0. The number of benzene rings is 1. The van der Waals surface area contributed by atoms with Gasteiger partial charge in [-0.05, 0) is 49.4 Å². The van der Waals surface area contributed by atoms with Crippen molar-refractivity contribution in [1.82, 2.24) is 9.88 Å². The number of nitrogens with zero attached hydrogens (tertiary/aromatic N) is 3. The van der Waals surface area contributed by atoms with Crippen molar-refractivity contribution in [2.24, 2.45) is 16.6 Å². The predicted molar refractivity (Wildman–Crippen MR) is 93.2 cm³/mol. The van der Waals surface area contributed by atoms with Gasteiger partial charge in [0.1, 0.15) is 0 Å². The first-order valence-corrected chi connectivity index (χ1v) is 8.20. The van der Waals surface area contributed by atoms with Gasteiger partial charge in [0.2, 0.25) is 0 Å². The molecule has 1 unspecified atom stereocenters. The molecule has 1 aliphatic carbocycles. The topological polar surface area (TPSA) is 71.6 Å². The maximum atomic E-state index is 12.9. The molecule has 0 saturated heterocycles. The van der Waals surface area contributed by atoms with Crippen LogP contribution in [0.3, 0.4) is 0 Å². The fraction of sp³-hybridized carbons (Fsp3) is 0.316. The average Bonchev–Trinajstić information content (AvgIpc) is 3.40. The lowest BCUT2D eigenvalue weighted by molar-refractivity contribution is -0.131. The molecule has 5 heteroatoms. The molecule has 1 saturated carbocycles. The van der Waals surface area contributed by atoms with Gasteiger partial charge in [-0.3, -0.25) is 14.7 Å². The third-order valence-electron chi connectivity index (χ3n) is 4.92. The van der Waals surface area contributed by atoms with Crippen LogP contribution in [0.2, 0.25) is 0 Å². The van der Waals surface area contributed by atoms with Crippen LogP contribution in [0.15, 0.2) is 47.5 Å². The Labute approximate surface area is 141 Å². The predicted octanol–water partition coefficient (Wildman–Crippen LogP) is 2.45. The fourth-order valence-corrected chi connectivity index (χ4v) is 3.47. The Morgan fingerprint density at radius 1 is 1.21 bits per heavy atom. The highest BCUT2D eigenvalue weighted by Crippen LogP contribution is 2.51. The van der Waals surface area contributed by atoms with Crippen LogP contribution < -0.4 is 5.73 Å². The summed E-state index contributed by atoms with van der Waals surface area (Å²) in [6.45, 7) is 1.97. The molecule has 1 amide bonds. The second-order valence-electron chi connectivity index (χ2n) is 6.62. The minimum atomic E-state index is -0.862. The number of rotatable bonds is 3. The molecule has 4 rings (SSSR count). The number of aromatic nitrogens is 1. The second kappa shape index (κ2) is 5.16. The lowest BCUT2D eigenvalue weighted by Gasteiger charge is -2.25. The normalized spacial score (nSPS) is 23.5. The third-order valence-corrected chi connectivity index (χ3v) is 4.92. The van der Waals surface area contributed by atoms with Gasteiger partial charge >= 0.3 is 0 Å². The van der Waals surface area contributed by atoms with Crippen molar-refractivity contribution < 1.29 is 4.79 Å². The molecule has 122 valence electrons. The van der Waals surface area contributed by atoms with E-state index in [2.05, 4.69) is 9.98 Å². The zero-order valence-electron chi connectivity index (χ0n) is 13.9. The quantitative estimate of drug-likeness (QED) is 0.944. The van der Waals surface area contributed by atoms with Crippen molar-refractivity contribution in [3.05, 3.63) is 53.7 Å². The van der Waals surface area contributed by atoms with Gasteiger partial charge < -0.3 is 5.73 Å². The van der Waals surface area contributed by atoms with E-state index in [1.165, 1.54) is 4.90 Å². The first kappa shape index (κ1) is 14.9. The molecule has 0 spiro atoms. The van der Waals surface area contributed by atoms with E-state index in [0.29, 0.717) is 5.96 Å². The lowest BCUT2D eigenvalue weighted by Crippen LogP contribution is -2.41. The maximum absolute atomic E-state index is 12.9. The number of hydrogen-bond donors (Lipinski definition) is 1. The number of guanidine groups is 1. The van der Waals surface area contributed by atoms with Crippen molar-refractivity contribution in [3.63, 3.8) is 0 Å². The van der Waals surface area contributed by atoms with E-state index in [1.54, 1.807) is 7.05 Å². The fourth-order valence-electron chi connectivity index (χ4n) is 3.47. The summed E-state index contributed by atoms with van der Waals surface area (Å²) in [6.07, 6.45) is 2.01. The molecular formula is C19H20N4O. The van der Waals surface area contributed by atoms with E-state index in [4.69, 9.17) is 5.73 Å². The molecule has 5 nitrogen and oxygen atoms in total. The number of hydrogen-bond acceptors (Lipinski definition) is 4. The van der Waals surface area contributed by atoms with Gasteiger partial charge in [-0.15, -0.1) is 0 Å². The number of carbonyl (C=O) groups is 1. The summed E-state index contributed by atoms with van der Waals surface area (Å²) in [5.41, 5.74) is 8.86. The van der Waals surface area contributed by atoms with Crippen LogP contribution in [0.25, 0.3) is 11.3 Å². The van der Waals surface area contributed by atoms with Crippen LogP contribution in [0.5, 0.6) is 0 Å². The number of carbonyl (C=O) groups excluding carboxylic acids is 1. The molecule has 1 aromatic heterocycles. The van der Waals surface area contributed by atoms with Crippen molar-refractivity contribution >= 4 is 11.9 Å². The van der Waals surface area contributed by atoms with E-state index in [0.717, 1.165) is 35.4 Å². The molecule has 2 aromatic rings. The number of pyridine rings is 1. The first-order valence-electron chi connectivity index (χ1n) is 8.20. The molecule has 1 atom stereocenters. The smallest absolute Gasteiger partial charge is 0.261 e. The Hall–Kier alpha value is -2.69. The largest absolute Gasteiger partial charge is 0.369 e. The van der Waals surface area contributed by atoms with Gasteiger partial charge in [-0.25, -0.2) is 4.99 Å². The Balaban J connectivity index is 1.84. The highest BCUT2D eigenvalue weighted by atomic mass is 16.2. The standard InChI is InChI=1S/C19H20N4O/c1-12-5-3-8-16(21-12)13-6-4-7-15(11-13)19(14-9-10-14)17(24)23(2)18(20)22-19/h3-8,11,14H,9-10H2,1-2H3,(H2,20,22). The van der Waals surface area contributed by atoms with Crippen molar-refractivity contribution in [2.75, 3.05) is 7.05 Å². The maximum Gasteiger partial charge on any atom is 0.261 e. The number of nitrogens with two attached hydrogens (primary N) is 1. The second-order valence-corrected chi connectivity index (χ2v) is 6.62.